The highest BCUT2D eigenvalue weighted by atomic mass is 16.3. The van der Waals surface area contributed by atoms with E-state index in [1.54, 1.807) is 13.8 Å². The minimum absolute atomic E-state index is 0.0731. The van der Waals surface area contributed by atoms with Crippen LogP contribution in [0.25, 0.3) is 10.8 Å². The molecule has 0 radical (unpaired) electrons. The zero-order valence-corrected chi connectivity index (χ0v) is 27.8. The smallest absolute Gasteiger partial charge is 0.245 e. The number of nitrogens with zero attached hydrogens (tertiary/aromatic N) is 1. The van der Waals surface area contributed by atoms with Crippen molar-refractivity contribution in [2.45, 2.75) is 123 Å². The molecular weight excluding hydrogens is 556 g/mol. The van der Waals surface area contributed by atoms with Gasteiger partial charge >= 0.3 is 0 Å². The Labute approximate surface area is 264 Å². The molecule has 44 heavy (non-hydrogen) atoms. The first-order valence-corrected chi connectivity index (χ1v) is 16.2. The van der Waals surface area contributed by atoms with Gasteiger partial charge in [-0.25, -0.2) is 0 Å². The normalized spacial score (nSPS) is 15.8. The Balaban J connectivity index is 2.68. The highest BCUT2D eigenvalue weighted by Gasteiger charge is 2.45. The Morgan fingerprint density at radius 2 is 1.55 bits per heavy atom. The molecule has 2 unspecified atom stereocenters. The zero-order chi connectivity index (χ0) is 33.0. The lowest BCUT2D eigenvalue weighted by molar-refractivity contribution is -0.138. The standard InChI is InChI=1S/C35H56N4O5/c1-8-9-16-31(39(33(43)26(7)36)30-17-12-14-27-13-10-11-15-29(27)30)32(42)38-35(20-25(6)40,34(44)37-22-24(4)5)21-28(41)19-18-23(2)3/h10-15,17,23-26,28,31,40-41H,8-9,16,18-22,36H2,1-7H3,(H,37,44)(H,38,42)/t25?,26-,28-,31-,35?/m0/s1. The number of aliphatic hydroxyl groups excluding tert-OH is 2. The van der Waals surface area contributed by atoms with Gasteiger partial charge in [-0.1, -0.05) is 83.9 Å². The quantitative estimate of drug-likeness (QED) is 0.166. The van der Waals surface area contributed by atoms with Crippen LogP contribution in [-0.2, 0) is 14.4 Å². The third kappa shape index (κ3) is 10.6. The number of hydrogen-bond donors (Lipinski definition) is 5. The van der Waals surface area contributed by atoms with Crippen LogP contribution in [0.1, 0.15) is 93.4 Å². The number of aliphatic hydroxyl groups is 2. The fourth-order valence-electron chi connectivity index (χ4n) is 5.60. The summed E-state index contributed by atoms with van der Waals surface area (Å²) in [5, 5.41) is 29.4. The lowest BCUT2D eigenvalue weighted by atomic mass is 9.83. The van der Waals surface area contributed by atoms with Gasteiger partial charge < -0.3 is 26.6 Å². The number of nitrogens with two attached hydrogens (primary N) is 1. The van der Waals surface area contributed by atoms with E-state index in [2.05, 4.69) is 24.5 Å². The zero-order valence-electron chi connectivity index (χ0n) is 27.8. The summed E-state index contributed by atoms with van der Waals surface area (Å²) in [4.78, 5) is 43.8. The summed E-state index contributed by atoms with van der Waals surface area (Å²) >= 11 is 0. The first-order valence-electron chi connectivity index (χ1n) is 16.2. The van der Waals surface area contributed by atoms with Crippen molar-refractivity contribution in [3.8, 4) is 0 Å². The van der Waals surface area contributed by atoms with Crippen molar-refractivity contribution < 1.29 is 24.6 Å². The minimum atomic E-state index is -1.61. The van der Waals surface area contributed by atoms with Crippen LogP contribution in [-0.4, -0.2) is 64.3 Å². The van der Waals surface area contributed by atoms with E-state index in [1.165, 1.54) is 4.90 Å². The van der Waals surface area contributed by atoms with Crippen LogP contribution >= 0.6 is 0 Å². The monoisotopic (exact) mass is 612 g/mol. The van der Waals surface area contributed by atoms with E-state index in [4.69, 9.17) is 5.73 Å². The molecule has 246 valence electrons. The predicted molar refractivity (Wildman–Crippen MR) is 178 cm³/mol. The summed E-state index contributed by atoms with van der Waals surface area (Å²) in [6.07, 6.45) is 0.918. The SMILES string of the molecule is CCCC[C@@H](C(=O)NC(CC(C)O)(C[C@@H](O)CCC(C)C)C(=O)NCC(C)C)N(C(=O)[C@H](C)N)c1cccc2ccccc12. The predicted octanol–water partition coefficient (Wildman–Crippen LogP) is 4.66. The van der Waals surface area contributed by atoms with Gasteiger partial charge in [0.25, 0.3) is 0 Å². The Morgan fingerprint density at radius 3 is 2.14 bits per heavy atom. The molecule has 0 heterocycles. The molecule has 0 bridgehead atoms. The molecule has 2 aromatic rings. The van der Waals surface area contributed by atoms with Crippen LogP contribution in [0.4, 0.5) is 5.69 Å². The van der Waals surface area contributed by atoms with Crippen molar-refractivity contribution in [3.63, 3.8) is 0 Å². The maximum Gasteiger partial charge on any atom is 0.245 e. The molecule has 0 aliphatic heterocycles. The summed E-state index contributed by atoms with van der Waals surface area (Å²) in [7, 11) is 0. The molecule has 9 heteroatoms. The van der Waals surface area contributed by atoms with Gasteiger partial charge in [-0.3, -0.25) is 19.3 Å². The topological polar surface area (TPSA) is 145 Å². The van der Waals surface area contributed by atoms with E-state index in [0.29, 0.717) is 37.4 Å². The maximum atomic E-state index is 14.5. The molecule has 2 rings (SSSR count). The van der Waals surface area contributed by atoms with Gasteiger partial charge in [-0.15, -0.1) is 0 Å². The first kappa shape index (κ1) is 37.2. The summed E-state index contributed by atoms with van der Waals surface area (Å²) in [5.41, 5.74) is 5.12. The second kappa shape index (κ2) is 17.5. The second-order valence-electron chi connectivity index (χ2n) is 13.2. The Hall–Kier alpha value is -3.01. The molecular formula is C35H56N4O5. The average Bonchev–Trinajstić information content (AvgIpc) is 2.95. The van der Waals surface area contributed by atoms with Crippen LogP contribution in [0.5, 0.6) is 0 Å². The van der Waals surface area contributed by atoms with E-state index < -0.39 is 47.6 Å². The molecule has 2 aromatic carbocycles. The van der Waals surface area contributed by atoms with E-state index in [0.717, 1.165) is 23.6 Å². The number of carbonyl (C=O) groups excluding carboxylic acids is 3. The van der Waals surface area contributed by atoms with Crippen molar-refractivity contribution in [2.75, 3.05) is 11.4 Å². The lowest BCUT2D eigenvalue weighted by Crippen LogP contribution is -2.65. The molecule has 0 aliphatic carbocycles. The Kier molecular flexibility index (Phi) is 14.8. The summed E-state index contributed by atoms with van der Waals surface area (Å²) in [6, 6.07) is 11.4. The van der Waals surface area contributed by atoms with Crippen molar-refractivity contribution in [3.05, 3.63) is 42.5 Å². The van der Waals surface area contributed by atoms with Gasteiger partial charge in [0.1, 0.15) is 11.6 Å². The van der Waals surface area contributed by atoms with Gasteiger partial charge in [0.15, 0.2) is 0 Å². The fourth-order valence-corrected chi connectivity index (χ4v) is 5.60. The van der Waals surface area contributed by atoms with Gasteiger partial charge in [0.2, 0.25) is 17.7 Å². The van der Waals surface area contributed by atoms with Crippen molar-refractivity contribution in [2.24, 2.45) is 17.6 Å². The molecule has 5 atom stereocenters. The van der Waals surface area contributed by atoms with E-state index in [1.807, 2.05) is 63.2 Å². The molecule has 0 spiro atoms. The largest absolute Gasteiger partial charge is 0.393 e. The molecule has 0 saturated heterocycles. The minimum Gasteiger partial charge on any atom is -0.393 e. The van der Waals surface area contributed by atoms with Crippen LogP contribution in [0.2, 0.25) is 0 Å². The van der Waals surface area contributed by atoms with Gasteiger partial charge in [-0.2, -0.15) is 0 Å². The Bertz CT molecular complexity index is 1210. The van der Waals surface area contributed by atoms with Crippen molar-refractivity contribution in [1.82, 2.24) is 10.6 Å². The number of rotatable bonds is 18. The van der Waals surface area contributed by atoms with Crippen LogP contribution in [0.3, 0.4) is 0 Å². The third-order valence-electron chi connectivity index (χ3n) is 7.87. The number of carbonyl (C=O) groups is 3. The molecule has 9 nitrogen and oxygen atoms in total. The number of hydrogen-bond acceptors (Lipinski definition) is 6. The molecule has 3 amide bonds. The number of fused-ring (bicyclic) bond motifs is 1. The molecule has 0 fully saturated rings. The maximum absolute atomic E-state index is 14.5. The fraction of sp³-hybridized carbons (Fsp3) is 0.629. The highest BCUT2D eigenvalue weighted by Crippen LogP contribution is 2.31. The second-order valence-corrected chi connectivity index (χ2v) is 13.2. The highest BCUT2D eigenvalue weighted by molar-refractivity contribution is 6.09. The number of anilines is 1. The van der Waals surface area contributed by atoms with Gasteiger partial charge in [0, 0.05) is 24.8 Å². The third-order valence-corrected chi connectivity index (χ3v) is 7.87. The molecule has 0 aliphatic rings. The summed E-state index contributed by atoms with van der Waals surface area (Å²) in [5.74, 6) is -0.921. The van der Waals surface area contributed by atoms with E-state index >= 15 is 0 Å². The number of unbranched alkanes of at least 4 members (excludes halogenated alkanes) is 1. The number of benzene rings is 2. The summed E-state index contributed by atoms with van der Waals surface area (Å²) in [6.45, 7) is 13.6. The van der Waals surface area contributed by atoms with Gasteiger partial charge in [0.05, 0.1) is 23.9 Å². The first-order chi connectivity index (χ1) is 20.7. The lowest BCUT2D eigenvalue weighted by Gasteiger charge is -2.40. The van der Waals surface area contributed by atoms with Crippen LogP contribution in [0, 0.1) is 11.8 Å². The van der Waals surface area contributed by atoms with E-state index in [-0.39, 0.29) is 18.8 Å². The number of amides is 3. The average molecular weight is 613 g/mol. The van der Waals surface area contributed by atoms with Crippen molar-refractivity contribution >= 4 is 34.2 Å². The molecule has 6 N–H and O–H groups in total. The van der Waals surface area contributed by atoms with Gasteiger partial charge in [-0.05, 0) is 56.4 Å². The number of nitrogens with one attached hydrogen (secondary N) is 2. The summed E-state index contributed by atoms with van der Waals surface area (Å²) < 4.78 is 0. The van der Waals surface area contributed by atoms with Crippen LogP contribution in [0.15, 0.2) is 42.5 Å². The van der Waals surface area contributed by atoms with E-state index in [9.17, 15) is 24.6 Å². The van der Waals surface area contributed by atoms with Crippen LogP contribution < -0.4 is 21.3 Å². The Morgan fingerprint density at radius 1 is 0.886 bits per heavy atom. The molecule has 0 aromatic heterocycles. The molecule has 0 saturated carbocycles. The van der Waals surface area contributed by atoms with Crippen molar-refractivity contribution in [1.29, 1.82) is 0 Å².